The topological polar surface area (TPSA) is 57.0 Å². The normalized spacial score (nSPS) is 9.83. The van der Waals surface area contributed by atoms with Crippen molar-refractivity contribution in [1.29, 1.82) is 5.26 Å². The lowest BCUT2D eigenvalue weighted by Gasteiger charge is -2.17. The number of anilines is 1. The fourth-order valence-electron chi connectivity index (χ4n) is 1.63. The lowest BCUT2D eigenvalue weighted by atomic mass is 10.1. The highest BCUT2D eigenvalue weighted by molar-refractivity contribution is 7.12. The number of hydrogen-bond acceptors (Lipinski definition) is 4. The zero-order valence-corrected chi connectivity index (χ0v) is 10.9. The van der Waals surface area contributed by atoms with Gasteiger partial charge in [0.2, 0.25) is 0 Å². The second kappa shape index (κ2) is 4.98. The van der Waals surface area contributed by atoms with Crippen LogP contribution >= 0.6 is 11.3 Å². The van der Waals surface area contributed by atoms with Gasteiger partial charge >= 0.3 is 0 Å². The largest absolute Gasteiger partial charge is 0.309 e. The first-order chi connectivity index (χ1) is 8.65. The molecule has 0 atom stereocenters. The summed E-state index contributed by atoms with van der Waals surface area (Å²) in [6, 6.07) is 9.12. The number of hydrogen-bond donors (Lipinski definition) is 0. The first kappa shape index (κ1) is 12.3. The molecule has 0 aliphatic rings. The Balaban J connectivity index is 2.38. The molecule has 1 aromatic heterocycles. The molecule has 0 aliphatic heterocycles. The lowest BCUT2D eigenvalue weighted by molar-refractivity contribution is 0.0996. The van der Waals surface area contributed by atoms with Crippen molar-refractivity contribution in [3.8, 4) is 6.07 Å². The summed E-state index contributed by atoms with van der Waals surface area (Å²) < 4.78 is 0. The smallest absolute Gasteiger partial charge is 0.270 e. The molecular weight excluding hydrogens is 246 g/mol. The summed E-state index contributed by atoms with van der Waals surface area (Å²) in [4.78, 5) is 18.4. The zero-order chi connectivity index (χ0) is 13.1. The molecule has 0 saturated carbocycles. The molecule has 0 spiro atoms. The van der Waals surface area contributed by atoms with Crippen LogP contribution in [0.4, 0.5) is 5.69 Å². The summed E-state index contributed by atoms with van der Waals surface area (Å²) in [6.07, 6.45) is 0. The highest BCUT2D eigenvalue weighted by Crippen LogP contribution is 2.22. The third-order valence-corrected chi connectivity index (χ3v) is 3.55. The van der Waals surface area contributed by atoms with Crippen LogP contribution in [0.3, 0.4) is 0 Å². The number of aromatic nitrogens is 1. The molecule has 18 heavy (non-hydrogen) atoms. The van der Waals surface area contributed by atoms with Crippen LogP contribution in [0.15, 0.2) is 29.8 Å². The first-order valence-corrected chi connectivity index (χ1v) is 6.20. The summed E-state index contributed by atoms with van der Waals surface area (Å²) in [5.74, 6) is -0.141. The Kier molecular flexibility index (Phi) is 3.40. The number of nitriles is 1. The Morgan fingerprint density at radius 3 is 2.78 bits per heavy atom. The first-order valence-electron chi connectivity index (χ1n) is 5.32. The molecule has 90 valence electrons. The van der Waals surface area contributed by atoms with E-state index in [0.29, 0.717) is 21.8 Å². The van der Waals surface area contributed by atoms with Crippen LogP contribution in [0.25, 0.3) is 0 Å². The molecule has 0 saturated heterocycles. The molecule has 0 bridgehead atoms. The molecule has 0 radical (unpaired) electrons. The van der Waals surface area contributed by atoms with Gasteiger partial charge in [-0.1, -0.05) is 12.1 Å². The molecule has 0 fully saturated rings. The van der Waals surface area contributed by atoms with E-state index in [1.807, 2.05) is 0 Å². The van der Waals surface area contributed by atoms with Crippen molar-refractivity contribution in [2.75, 3.05) is 11.9 Å². The van der Waals surface area contributed by atoms with E-state index < -0.39 is 0 Å². The highest BCUT2D eigenvalue weighted by Gasteiger charge is 2.19. The van der Waals surface area contributed by atoms with Gasteiger partial charge in [0.1, 0.15) is 10.9 Å². The van der Waals surface area contributed by atoms with Gasteiger partial charge in [-0.2, -0.15) is 5.26 Å². The summed E-state index contributed by atoms with van der Waals surface area (Å²) in [5.41, 5.74) is 3.45. The van der Waals surface area contributed by atoms with Crippen LogP contribution in [-0.4, -0.2) is 17.9 Å². The Hall–Kier alpha value is -2.19. The average molecular weight is 257 g/mol. The van der Waals surface area contributed by atoms with Gasteiger partial charge < -0.3 is 4.90 Å². The predicted molar refractivity (Wildman–Crippen MR) is 70.7 cm³/mol. The molecule has 2 rings (SSSR count). The van der Waals surface area contributed by atoms with Crippen LogP contribution in [0, 0.1) is 18.3 Å². The third-order valence-electron chi connectivity index (χ3n) is 2.63. The minimum Gasteiger partial charge on any atom is -0.309 e. The number of nitrogens with zero attached hydrogens (tertiary/aromatic N) is 3. The van der Waals surface area contributed by atoms with Gasteiger partial charge in [-0.25, -0.2) is 4.98 Å². The van der Waals surface area contributed by atoms with Crippen molar-refractivity contribution in [1.82, 2.24) is 4.98 Å². The second-order valence-corrected chi connectivity index (χ2v) is 4.61. The third kappa shape index (κ3) is 2.11. The summed E-state index contributed by atoms with van der Waals surface area (Å²) in [6.45, 7) is 1.80. The lowest BCUT2D eigenvalue weighted by Crippen LogP contribution is -2.26. The van der Waals surface area contributed by atoms with Crippen LogP contribution < -0.4 is 4.90 Å². The number of para-hydroxylation sites is 1. The van der Waals surface area contributed by atoms with Gasteiger partial charge in [0.25, 0.3) is 5.91 Å². The molecule has 4 nitrogen and oxygen atoms in total. The number of thiazole rings is 1. The molecule has 0 N–H and O–H groups in total. The molecule has 0 unspecified atom stereocenters. The van der Waals surface area contributed by atoms with Crippen LogP contribution in [0.1, 0.15) is 20.9 Å². The van der Waals surface area contributed by atoms with Gasteiger partial charge in [-0.15, -0.1) is 11.3 Å². The van der Waals surface area contributed by atoms with Gasteiger partial charge in [-0.3, -0.25) is 4.79 Å². The van der Waals surface area contributed by atoms with E-state index in [-0.39, 0.29) is 5.91 Å². The van der Waals surface area contributed by atoms with Crippen molar-refractivity contribution in [2.24, 2.45) is 0 Å². The average Bonchev–Trinajstić information content (AvgIpc) is 2.83. The fraction of sp³-hybridized carbons (Fsp3) is 0.154. The van der Waals surface area contributed by atoms with Crippen molar-refractivity contribution < 1.29 is 4.79 Å². The quantitative estimate of drug-likeness (QED) is 0.831. The second-order valence-electron chi connectivity index (χ2n) is 3.76. The van der Waals surface area contributed by atoms with E-state index in [0.717, 1.165) is 0 Å². The summed E-state index contributed by atoms with van der Waals surface area (Å²) >= 11 is 1.31. The maximum atomic E-state index is 12.3. The number of aryl methyl sites for hydroxylation is 1. The highest BCUT2D eigenvalue weighted by atomic mass is 32.1. The van der Waals surface area contributed by atoms with Gasteiger partial charge in [0, 0.05) is 7.05 Å². The summed E-state index contributed by atoms with van der Waals surface area (Å²) in [5, 5.41) is 9.04. The van der Waals surface area contributed by atoms with E-state index in [1.165, 1.54) is 16.2 Å². The number of rotatable bonds is 2. The zero-order valence-electron chi connectivity index (χ0n) is 10.0. The standard InChI is InChI=1S/C13H11N3OS/c1-9-12(18-8-15-9)13(17)16(2)11-6-4-3-5-10(11)7-14/h3-6,8H,1-2H3. The maximum Gasteiger partial charge on any atom is 0.270 e. The maximum absolute atomic E-state index is 12.3. The summed E-state index contributed by atoms with van der Waals surface area (Å²) in [7, 11) is 1.66. The van der Waals surface area contributed by atoms with E-state index in [4.69, 9.17) is 5.26 Å². The number of amides is 1. The monoisotopic (exact) mass is 257 g/mol. The van der Waals surface area contributed by atoms with Gasteiger partial charge in [0.05, 0.1) is 22.5 Å². The molecule has 5 heteroatoms. The fourth-order valence-corrected chi connectivity index (χ4v) is 2.41. The minimum atomic E-state index is -0.141. The van der Waals surface area contributed by atoms with Crippen LogP contribution in [0.2, 0.25) is 0 Å². The van der Waals surface area contributed by atoms with Crippen molar-refractivity contribution in [3.05, 3.63) is 45.9 Å². The molecular formula is C13H11N3OS. The van der Waals surface area contributed by atoms with Crippen molar-refractivity contribution >= 4 is 22.9 Å². The Morgan fingerprint density at radius 2 is 2.17 bits per heavy atom. The van der Waals surface area contributed by atoms with Crippen LogP contribution in [0.5, 0.6) is 0 Å². The van der Waals surface area contributed by atoms with Gasteiger partial charge in [-0.05, 0) is 19.1 Å². The van der Waals surface area contributed by atoms with E-state index in [2.05, 4.69) is 11.1 Å². The minimum absolute atomic E-state index is 0.141. The SMILES string of the molecule is Cc1ncsc1C(=O)N(C)c1ccccc1C#N. The number of carbonyl (C=O) groups excluding carboxylic acids is 1. The van der Waals surface area contributed by atoms with Gasteiger partial charge in [0.15, 0.2) is 0 Å². The predicted octanol–water partition coefficient (Wildman–Crippen LogP) is 2.60. The van der Waals surface area contributed by atoms with E-state index in [9.17, 15) is 4.79 Å². The van der Waals surface area contributed by atoms with Crippen molar-refractivity contribution in [3.63, 3.8) is 0 Å². The number of carbonyl (C=O) groups is 1. The molecule has 1 amide bonds. The van der Waals surface area contributed by atoms with Crippen molar-refractivity contribution in [2.45, 2.75) is 6.92 Å². The Morgan fingerprint density at radius 1 is 1.44 bits per heavy atom. The molecule has 2 aromatic rings. The van der Waals surface area contributed by atoms with E-state index in [1.54, 1.807) is 43.7 Å². The Bertz CT molecular complexity index is 627. The molecule has 1 heterocycles. The Labute approximate surface area is 109 Å². The number of benzene rings is 1. The molecule has 1 aromatic carbocycles. The molecule has 0 aliphatic carbocycles. The van der Waals surface area contributed by atoms with Crippen LogP contribution in [-0.2, 0) is 0 Å². The van der Waals surface area contributed by atoms with E-state index >= 15 is 0 Å².